The molecule has 8 heteroatoms. The summed E-state index contributed by atoms with van der Waals surface area (Å²) in [6.07, 6.45) is -0.244. The van der Waals surface area contributed by atoms with Gasteiger partial charge in [-0.15, -0.1) is 5.10 Å². The Morgan fingerprint density at radius 3 is 2.41 bits per heavy atom. The van der Waals surface area contributed by atoms with Crippen molar-refractivity contribution in [1.82, 2.24) is 19.6 Å². The van der Waals surface area contributed by atoms with Crippen LogP contribution in [0.25, 0.3) is 5.69 Å². The Morgan fingerprint density at radius 1 is 1.14 bits per heavy atom. The largest absolute Gasteiger partial charge is 0.475 e. The molecule has 0 radical (unpaired) electrons. The Balaban J connectivity index is 1.47. The van der Waals surface area contributed by atoms with Gasteiger partial charge in [0.1, 0.15) is 18.0 Å². The first-order valence-electron chi connectivity index (χ1n) is 9.98. The number of para-hydroxylation sites is 1. The van der Waals surface area contributed by atoms with Crippen molar-refractivity contribution >= 4 is 11.9 Å². The zero-order valence-electron chi connectivity index (χ0n) is 17.7. The van der Waals surface area contributed by atoms with Crippen LogP contribution in [0.15, 0.2) is 30.3 Å². The smallest absolute Gasteiger partial charge is 0.410 e. The van der Waals surface area contributed by atoms with E-state index in [4.69, 9.17) is 15.2 Å². The molecule has 1 aromatic carbocycles. The molecule has 0 spiro atoms. The van der Waals surface area contributed by atoms with Gasteiger partial charge < -0.3 is 20.1 Å². The van der Waals surface area contributed by atoms with Crippen LogP contribution in [-0.4, -0.2) is 70.6 Å². The van der Waals surface area contributed by atoms with Gasteiger partial charge in [0, 0.05) is 32.7 Å². The van der Waals surface area contributed by atoms with Crippen LogP contribution < -0.4 is 10.5 Å². The number of nitrogens with zero attached hydrogens (tertiary/aromatic N) is 4. The van der Waals surface area contributed by atoms with Crippen LogP contribution in [0.3, 0.4) is 0 Å². The number of aromatic nitrogens is 2. The zero-order valence-corrected chi connectivity index (χ0v) is 17.7. The van der Waals surface area contributed by atoms with Crippen molar-refractivity contribution in [1.29, 1.82) is 0 Å². The van der Waals surface area contributed by atoms with Crippen LogP contribution >= 0.6 is 0 Å². The van der Waals surface area contributed by atoms with Gasteiger partial charge in [-0.3, -0.25) is 4.90 Å². The molecule has 8 nitrogen and oxygen atoms in total. The van der Waals surface area contributed by atoms with Crippen molar-refractivity contribution in [2.45, 2.75) is 33.3 Å². The van der Waals surface area contributed by atoms with E-state index in [0.29, 0.717) is 31.4 Å². The molecule has 0 saturated carbocycles. The minimum absolute atomic E-state index is 0.244. The molecule has 1 fully saturated rings. The van der Waals surface area contributed by atoms with Crippen LogP contribution in [0.2, 0.25) is 0 Å². The molecule has 29 heavy (non-hydrogen) atoms. The molecule has 2 N–H and O–H groups in total. The molecule has 1 amide bonds. The van der Waals surface area contributed by atoms with Crippen molar-refractivity contribution in [2.24, 2.45) is 0 Å². The van der Waals surface area contributed by atoms with Crippen LogP contribution in [0.5, 0.6) is 5.88 Å². The van der Waals surface area contributed by atoms with E-state index in [9.17, 15) is 4.79 Å². The number of nitrogen functional groups attached to an aromatic ring is 1. The normalized spacial score (nSPS) is 15.4. The second-order valence-electron chi connectivity index (χ2n) is 8.22. The van der Waals surface area contributed by atoms with Gasteiger partial charge in [-0.1, -0.05) is 18.2 Å². The SMILES string of the molecule is Cc1c(OCCN2CCN(C(=O)OC(C)(C)C)CC2)nn(-c2ccccc2)c1N. The third kappa shape index (κ3) is 5.41. The van der Waals surface area contributed by atoms with E-state index in [-0.39, 0.29) is 6.09 Å². The molecule has 0 unspecified atom stereocenters. The average Bonchev–Trinajstić information content (AvgIpc) is 2.96. The van der Waals surface area contributed by atoms with Gasteiger partial charge in [-0.2, -0.15) is 0 Å². The third-order valence-electron chi connectivity index (χ3n) is 4.80. The Morgan fingerprint density at radius 2 is 1.79 bits per heavy atom. The molecule has 0 aliphatic carbocycles. The average molecular weight is 402 g/mol. The van der Waals surface area contributed by atoms with Gasteiger partial charge in [0.2, 0.25) is 5.88 Å². The lowest BCUT2D eigenvalue weighted by Gasteiger charge is -2.35. The van der Waals surface area contributed by atoms with Gasteiger partial charge in [0.05, 0.1) is 11.3 Å². The number of amides is 1. The topological polar surface area (TPSA) is 85.9 Å². The zero-order chi connectivity index (χ0) is 21.0. The summed E-state index contributed by atoms with van der Waals surface area (Å²) >= 11 is 0. The summed E-state index contributed by atoms with van der Waals surface area (Å²) in [6, 6.07) is 9.76. The van der Waals surface area contributed by atoms with Crippen molar-refractivity contribution in [3.8, 4) is 11.6 Å². The van der Waals surface area contributed by atoms with Gasteiger partial charge in [0.15, 0.2) is 0 Å². The fourth-order valence-corrected chi connectivity index (χ4v) is 3.14. The maximum absolute atomic E-state index is 12.1. The highest BCUT2D eigenvalue weighted by Gasteiger charge is 2.25. The highest BCUT2D eigenvalue weighted by molar-refractivity contribution is 5.68. The van der Waals surface area contributed by atoms with E-state index in [1.54, 1.807) is 9.58 Å². The number of hydrogen-bond donors (Lipinski definition) is 1. The van der Waals surface area contributed by atoms with E-state index >= 15 is 0 Å². The molecule has 158 valence electrons. The molecular formula is C21H31N5O3. The number of carbonyl (C=O) groups excluding carboxylic acids is 1. The summed E-state index contributed by atoms with van der Waals surface area (Å²) in [5.41, 5.74) is 7.47. The number of anilines is 1. The predicted octanol–water partition coefficient (Wildman–Crippen LogP) is 2.69. The molecule has 2 heterocycles. The molecule has 1 aliphatic heterocycles. The maximum Gasteiger partial charge on any atom is 0.410 e. The number of carbonyl (C=O) groups is 1. The number of ether oxygens (including phenoxy) is 2. The van der Waals surface area contributed by atoms with Crippen molar-refractivity contribution < 1.29 is 14.3 Å². The third-order valence-corrected chi connectivity index (χ3v) is 4.80. The maximum atomic E-state index is 12.1. The quantitative estimate of drug-likeness (QED) is 0.829. The number of piperazine rings is 1. The Hall–Kier alpha value is -2.74. The van der Waals surface area contributed by atoms with E-state index in [0.717, 1.165) is 30.9 Å². The van der Waals surface area contributed by atoms with Crippen LogP contribution in [-0.2, 0) is 4.74 Å². The van der Waals surface area contributed by atoms with Crippen LogP contribution in [0, 0.1) is 6.92 Å². The summed E-state index contributed by atoms with van der Waals surface area (Å²) in [7, 11) is 0. The monoisotopic (exact) mass is 401 g/mol. The minimum Gasteiger partial charge on any atom is -0.475 e. The Labute approximate surface area is 172 Å². The van der Waals surface area contributed by atoms with Crippen molar-refractivity contribution in [3.63, 3.8) is 0 Å². The van der Waals surface area contributed by atoms with E-state index in [1.807, 2.05) is 58.0 Å². The molecule has 0 atom stereocenters. The predicted molar refractivity (Wildman–Crippen MR) is 112 cm³/mol. The summed E-state index contributed by atoms with van der Waals surface area (Å²) in [5.74, 6) is 1.14. The lowest BCUT2D eigenvalue weighted by Crippen LogP contribution is -2.50. The van der Waals surface area contributed by atoms with Crippen LogP contribution in [0.4, 0.5) is 10.6 Å². The first-order chi connectivity index (χ1) is 13.7. The molecular weight excluding hydrogens is 370 g/mol. The second kappa shape index (κ2) is 8.73. The minimum atomic E-state index is -0.467. The standard InChI is InChI=1S/C21H31N5O3/c1-16-18(22)26(17-8-6-5-7-9-17)23-19(16)28-15-14-24-10-12-25(13-11-24)20(27)29-21(2,3)4/h5-9H,10-15,22H2,1-4H3. The lowest BCUT2D eigenvalue weighted by atomic mass is 10.2. The molecule has 0 bridgehead atoms. The van der Waals surface area contributed by atoms with Crippen LogP contribution in [0.1, 0.15) is 26.3 Å². The summed E-state index contributed by atoms with van der Waals surface area (Å²) < 4.78 is 13.0. The first kappa shape index (κ1) is 21.0. The Kier molecular flexibility index (Phi) is 6.32. The van der Waals surface area contributed by atoms with Gasteiger partial charge in [-0.05, 0) is 39.8 Å². The van der Waals surface area contributed by atoms with Gasteiger partial charge in [0.25, 0.3) is 0 Å². The molecule has 1 aliphatic rings. The highest BCUT2D eigenvalue weighted by atomic mass is 16.6. The molecule has 1 aromatic heterocycles. The molecule has 2 aromatic rings. The first-order valence-corrected chi connectivity index (χ1v) is 9.98. The fourth-order valence-electron chi connectivity index (χ4n) is 3.14. The molecule has 1 saturated heterocycles. The van der Waals surface area contributed by atoms with E-state index in [2.05, 4.69) is 10.00 Å². The van der Waals surface area contributed by atoms with Crippen molar-refractivity contribution in [2.75, 3.05) is 45.1 Å². The second-order valence-corrected chi connectivity index (χ2v) is 8.22. The number of rotatable bonds is 5. The van der Waals surface area contributed by atoms with E-state index < -0.39 is 5.60 Å². The van der Waals surface area contributed by atoms with E-state index in [1.165, 1.54) is 0 Å². The fraction of sp³-hybridized carbons (Fsp3) is 0.524. The highest BCUT2D eigenvalue weighted by Crippen LogP contribution is 2.25. The molecule has 3 rings (SSSR count). The van der Waals surface area contributed by atoms with Gasteiger partial charge >= 0.3 is 6.09 Å². The number of nitrogens with two attached hydrogens (primary N) is 1. The van der Waals surface area contributed by atoms with Gasteiger partial charge in [-0.25, -0.2) is 9.48 Å². The summed E-state index contributed by atoms with van der Waals surface area (Å²) in [4.78, 5) is 16.2. The lowest BCUT2D eigenvalue weighted by molar-refractivity contribution is 0.0136. The van der Waals surface area contributed by atoms with Crippen molar-refractivity contribution in [3.05, 3.63) is 35.9 Å². The number of hydrogen-bond acceptors (Lipinski definition) is 6. The Bertz CT molecular complexity index is 821. The summed E-state index contributed by atoms with van der Waals surface area (Å²) in [5, 5.41) is 4.51. The summed E-state index contributed by atoms with van der Waals surface area (Å²) in [6.45, 7) is 11.7. The number of benzene rings is 1.